The van der Waals surface area contributed by atoms with E-state index in [2.05, 4.69) is 0 Å². The van der Waals surface area contributed by atoms with Gasteiger partial charge in [-0.05, 0) is 42.0 Å². The Labute approximate surface area is 174 Å². The molecule has 3 aromatic rings. The lowest BCUT2D eigenvalue weighted by atomic mass is 10.1. The van der Waals surface area contributed by atoms with Crippen LogP contribution < -0.4 is 14.9 Å². The van der Waals surface area contributed by atoms with Gasteiger partial charge in [-0.1, -0.05) is 30.3 Å². The highest BCUT2D eigenvalue weighted by molar-refractivity contribution is 6.40. The number of imide groups is 2. The van der Waals surface area contributed by atoms with E-state index in [1.165, 1.54) is 30.3 Å². The second kappa shape index (κ2) is 6.46. The second-order valence-electron chi connectivity index (χ2n) is 6.97. The van der Waals surface area contributed by atoms with E-state index >= 15 is 0 Å². The molecule has 0 saturated carbocycles. The summed E-state index contributed by atoms with van der Waals surface area (Å²) in [4.78, 5) is 65.0. The monoisotopic (exact) mass is 411 g/mol. The van der Waals surface area contributed by atoms with Crippen LogP contribution in [0.5, 0.6) is 0 Å². The molecule has 0 atom stereocenters. The minimum absolute atomic E-state index is 0.00397. The normalized spacial score (nSPS) is 14.8. The number of rotatable bonds is 3. The summed E-state index contributed by atoms with van der Waals surface area (Å²) >= 11 is 0. The predicted molar refractivity (Wildman–Crippen MR) is 106 cm³/mol. The quantitative estimate of drug-likeness (QED) is 0.606. The Balaban J connectivity index is 1.63. The molecule has 4 amide bonds. The van der Waals surface area contributed by atoms with Gasteiger partial charge in [0.15, 0.2) is 0 Å². The van der Waals surface area contributed by atoms with Crippen molar-refractivity contribution in [2.45, 2.75) is 0 Å². The number of amides is 4. The summed E-state index contributed by atoms with van der Waals surface area (Å²) in [6.07, 6.45) is 0. The number of aromatic carboxylic acids is 1. The van der Waals surface area contributed by atoms with Crippen LogP contribution in [0.4, 0.5) is 11.4 Å². The van der Waals surface area contributed by atoms with Gasteiger partial charge in [-0.3, -0.25) is 19.2 Å². The Morgan fingerprint density at radius 1 is 0.645 bits per heavy atom. The Bertz CT molecular complexity index is 1350. The zero-order valence-electron chi connectivity index (χ0n) is 15.7. The summed E-state index contributed by atoms with van der Waals surface area (Å²) < 4.78 is 0. The number of nitrogens with zero attached hydrogens (tertiary/aromatic N) is 2. The van der Waals surface area contributed by atoms with Crippen LogP contribution in [0.2, 0.25) is 0 Å². The van der Waals surface area contributed by atoms with E-state index in [4.69, 9.17) is 0 Å². The lowest BCUT2D eigenvalue weighted by Crippen LogP contribution is -2.32. The highest BCUT2D eigenvalue weighted by Gasteiger charge is 2.44. The molecule has 8 nitrogen and oxygen atoms in total. The van der Waals surface area contributed by atoms with Gasteiger partial charge in [-0.15, -0.1) is 0 Å². The fourth-order valence-corrected chi connectivity index (χ4v) is 3.85. The Morgan fingerprint density at radius 2 is 1.32 bits per heavy atom. The molecule has 0 radical (unpaired) electrons. The van der Waals surface area contributed by atoms with Crippen molar-refractivity contribution in [1.82, 2.24) is 0 Å². The van der Waals surface area contributed by atoms with Gasteiger partial charge in [0.1, 0.15) is 0 Å². The van der Waals surface area contributed by atoms with Crippen LogP contribution in [0.25, 0.3) is 0 Å². The van der Waals surface area contributed by atoms with Crippen molar-refractivity contribution in [3.63, 3.8) is 0 Å². The summed E-state index contributed by atoms with van der Waals surface area (Å²) in [6, 6.07) is 16.1. The molecule has 2 aliphatic rings. The molecular weight excluding hydrogens is 400 g/mol. The standard InChI is InChI=1S/C23H12N2O6/c26-19-14-10-9-12(23(30)31)11-16(14)21(28)25(19)17-8-4-7-15-18(17)22(29)24(20(15)27)13-5-2-1-3-6-13/h1-11H,(H,30,31)/p-1. The number of fused-ring (bicyclic) bond motifs is 2. The molecule has 0 spiro atoms. The molecule has 31 heavy (non-hydrogen) atoms. The number of carbonyl (C=O) groups excluding carboxylic acids is 5. The van der Waals surface area contributed by atoms with Crippen molar-refractivity contribution in [2.24, 2.45) is 0 Å². The third-order valence-electron chi connectivity index (χ3n) is 5.27. The zero-order valence-corrected chi connectivity index (χ0v) is 15.7. The number of para-hydroxylation sites is 1. The van der Waals surface area contributed by atoms with Crippen molar-refractivity contribution >= 4 is 41.0 Å². The van der Waals surface area contributed by atoms with Crippen LogP contribution in [-0.4, -0.2) is 29.6 Å². The van der Waals surface area contributed by atoms with Crippen LogP contribution in [0, 0.1) is 0 Å². The smallest absolute Gasteiger partial charge is 0.268 e. The van der Waals surface area contributed by atoms with Gasteiger partial charge in [0.2, 0.25) is 0 Å². The van der Waals surface area contributed by atoms with Crippen LogP contribution >= 0.6 is 0 Å². The molecule has 3 aromatic carbocycles. The average molecular weight is 411 g/mol. The lowest BCUT2D eigenvalue weighted by Gasteiger charge is -2.17. The number of hydrogen-bond donors (Lipinski definition) is 0. The predicted octanol–water partition coefficient (Wildman–Crippen LogP) is 1.65. The topological polar surface area (TPSA) is 115 Å². The van der Waals surface area contributed by atoms with E-state index < -0.39 is 29.6 Å². The SMILES string of the molecule is O=C([O-])c1ccc2c(c1)C(=O)N(c1cccc3c1C(=O)N(c1ccccc1)C3=O)C2=O. The minimum atomic E-state index is -1.48. The van der Waals surface area contributed by atoms with Crippen LogP contribution in [0.15, 0.2) is 66.7 Å². The number of carbonyl (C=O) groups is 5. The number of carboxylic acid groups (broad SMARTS) is 1. The van der Waals surface area contributed by atoms with Crippen molar-refractivity contribution in [2.75, 3.05) is 9.80 Å². The molecule has 0 bridgehead atoms. The molecule has 0 aliphatic carbocycles. The molecule has 0 unspecified atom stereocenters. The molecular formula is C23H11N2O6-. The van der Waals surface area contributed by atoms with E-state index in [1.807, 2.05) is 0 Å². The summed E-state index contributed by atoms with van der Waals surface area (Å²) in [5.41, 5.74) is -0.0211. The van der Waals surface area contributed by atoms with Crippen molar-refractivity contribution < 1.29 is 29.1 Å². The third kappa shape index (κ3) is 2.52. The van der Waals surface area contributed by atoms with E-state index in [0.717, 1.165) is 15.9 Å². The number of anilines is 2. The summed E-state index contributed by atoms with van der Waals surface area (Å²) in [6.45, 7) is 0. The number of hydrogen-bond acceptors (Lipinski definition) is 6. The number of benzene rings is 3. The molecule has 150 valence electrons. The largest absolute Gasteiger partial charge is 0.545 e. The molecule has 2 heterocycles. The molecule has 0 N–H and O–H groups in total. The third-order valence-corrected chi connectivity index (χ3v) is 5.27. The first-order chi connectivity index (χ1) is 14.9. The van der Waals surface area contributed by atoms with Gasteiger partial charge in [0.05, 0.1) is 39.6 Å². The summed E-state index contributed by atoms with van der Waals surface area (Å²) in [7, 11) is 0. The maximum atomic E-state index is 13.2. The van der Waals surface area contributed by atoms with Gasteiger partial charge < -0.3 is 9.90 Å². The molecule has 2 aliphatic heterocycles. The maximum absolute atomic E-state index is 13.2. The van der Waals surface area contributed by atoms with Gasteiger partial charge in [-0.2, -0.15) is 0 Å². The first-order valence-corrected chi connectivity index (χ1v) is 9.21. The van der Waals surface area contributed by atoms with E-state index in [1.54, 1.807) is 30.3 Å². The molecule has 8 heteroatoms. The Morgan fingerprint density at radius 3 is 2.03 bits per heavy atom. The van der Waals surface area contributed by atoms with Crippen molar-refractivity contribution in [3.05, 3.63) is 94.5 Å². The molecule has 0 saturated heterocycles. The van der Waals surface area contributed by atoms with Crippen LogP contribution in [-0.2, 0) is 0 Å². The van der Waals surface area contributed by atoms with Gasteiger partial charge >= 0.3 is 0 Å². The molecule has 5 rings (SSSR count). The number of carboxylic acids is 1. The first kappa shape index (κ1) is 18.4. The minimum Gasteiger partial charge on any atom is -0.545 e. The highest BCUT2D eigenvalue weighted by Crippen LogP contribution is 2.37. The lowest BCUT2D eigenvalue weighted by molar-refractivity contribution is -0.255. The highest BCUT2D eigenvalue weighted by atomic mass is 16.4. The maximum Gasteiger partial charge on any atom is 0.268 e. The van der Waals surface area contributed by atoms with Crippen LogP contribution in [0.1, 0.15) is 51.8 Å². The first-order valence-electron chi connectivity index (χ1n) is 9.21. The zero-order chi connectivity index (χ0) is 21.9. The van der Waals surface area contributed by atoms with Crippen LogP contribution in [0.3, 0.4) is 0 Å². The van der Waals surface area contributed by atoms with E-state index in [-0.39, 0.29) is 33.5 Å². The van der Waals surface area contributed by atoms with Crippen molar-refractivity contribution in [3.8, 4) is 0 Å². The van der Waals surface area contributed by atoms with Crippen molar-refractivity contribution in [1.29, 1.82) is 0 Å². The fourth-order valence-electron chi connectivity index (χ4n) is 3.85. The van der Waals surface area contributed by atoms with E-state index in [9.17, 15) is 29.1 Å². The van der Waals surface area contributed by atoms with E-state index in [0.29, 0.717) is 5.69 Å². The fraction of sp³-hybridized carbons (Fsp3) is 0. The molecule has 0 fully saturated rings. The van der Waals surface area contributed by atoms with Gasteiger partial charge in [0.25, 0.3) is 23.6 Å². The Hall–Kier alpha value is -4.59. The second-order valence-corrected chi connectivity index (χ2v) is 6.97. The summed E-state index contributed by atoms with van der Waals surface area (Å²) in [5, 5.41) is 11.1. The van der Waals surface area contributed by atoms with Gasteiger partial charge in [-0.25, -0.2) is 9.80 Å². The summed E-state index contributed by atoms with van der Waals surface area (Å²) in [5.74, 6) is -4.20. The molecule has 0 aromatic heterocycles. The Kier molecular flexibility index (Phi) is 3.84. The average Bonchev–Trinajstić information content (AvgIpc) is 3.18. The van der Waals surface area contributed by atoms with Gasteiger partial charge in [0, 0.05) is 0 Å².